The molecular formula is C14H18O4. The van der Waals surface area contributed by atoms with E-state index in [0.717, 1.165) is 12.0 Å². The minimum atomic E-state index is 0.219. The van der Waals surface area contributed by atoms with Gasteiger partial charge in [0.1, 0.15) is 0 Å². The van der Waals surface area contributed by atoms with Crippen molar-refractivity contribution in [2.45, 2.75) is 6.42 Å². The van der Waals surface area contributed by atoms with Crippen LogP contribution in [0, 0.1) is 5.92 Å². The first-order chi connectivity index (χ1) is 8.73. The summed E-state index contributed by atoms with van der Waals surface area (Å²) in [5.74, 6) is 2.20. The third-order valence-corrected chi connectivity index (χ3v) is 3.11. The van der Waals surface area contributed by atoms with Gasteiger partial charge in [0.2, 0.25) is 5.75 Å². The zero-order valence-corrected chi connectivity index (χ0v) is 10.9. The topological polar surface area (TPSA) is 47.9 Å². The quantitative estimate of drug-likeness (QED) is 0.869. The van der Waals surface area contributed by atoms with Crippen LogP contribution >= 0.6 is 0 Å². The fourth-order valence-electron chi connectivity index (χ4n) is 1.98. The van der Waals surface area contributed by atoms with Crippen molar-refractivity contribution < 1.29 is 19.3 Å². The molecule has 0 aliphatic heterocycles. The molecule has 98 valence electrons. The molecule has 0 amide bonds. The summed E-state index contributed by atoms with van der Waals surface area (Å²) in [6, 6.07) is 3.81. The third-order valence-electron chi connectivity index (χ3n) is 3.11. The Balaban J connectivity index is 2.35. The molecule has 1 saturated carbocycles. The van der Waals surface area contributed by atoms with Crippen molar-refractivity contribution >= 4 is 6.08 Å². The van der Waals surface area contributed by atoms with Crippen LogP contribution in [0.25, 0.3) is 6.08 Å². The molecule has 0 spiro atoms. The highest BCUT2D eigenvalue weighted by molar-refractivity contribution is 5.65. The Bertz CT molecular complexity index is 440. The van der Waals surface area contributed by atoms with E-state index in [9.17, 15) is 0 Å². The fraction of sp³-hybridized carbons (Fsp3) is 0.429. The second-order valence-corrected chi connectivity index (χ2v) is 4.26. The lowest BCUT2D eigenvalue weighted by atomic mass is 10.1. The van der Waals surface area contributed by atoms with Gasteiger partial charge >= 0.3 is 0 Å². The molecule has 2 rings (SSSR count). The van der Waals surface area contributed by atoms with Crippen molar-refractivity contribution in [1.29, 1.82) is 0 Å². The van der Waals surface area contributed by atoms with E-state index in [1.807, 2.05) is 12.1 Å². The van der Waals surface area contributed by atoms with Crippen LogP contribution in [0.3, 0.4) is 0 Å². The van der Waals surface area contributed by atoms with E-state index < -0.39 is 0 Å². The van der Waals surface area contributed by atoms with Gasteiger partial charge in [-0.15, -0.1) is 0 Å². The Morgan fingerprint density at radius 2 is 1.78 bits per heavy atom. The Kier molecular flexibility index (Phi) is 3.77. The SMILES string of the molecule is COc1cc(/C=C2\CC2CO)cc(OC)c1OC. The third kappa shape index (κ3) is 2.43. The molecule has 1 aromatic carbocycles. The van der Waals surface area contributed by atoms with Gasteiger partial charge in [0.05, 0.1) is 21.3 Å². The normalized spacial score (nSPS) is 19.8. The van der Waals surface area contributed by atoms with E-state index in [2.05, 4.69) is 6.08 Å². The van der Waals surface area contributed by atoms with E-state index in [4.69, 9.17) is 19.3 Å². The summed E-state index contributed by atoms with van der Waals surface area (Å²) < 4.78 is 15.8. The van der Waals surface area contributed by atoms with Gasteiger partial charge in [-0.05, 0) is 24.1 Å². The van der Waals surface area contributed by atoms with Crippen LogP contribution < -0.4 is 14.2 Å². The number of methoxy groups -OCH3 is 3. The molecule has 1 unspecified atom stereocenters. The zero-order valence-electron chi connectivity index (χ0n) is 10.9. The van der Waals surface area contributed by atoms with Gasteiger partial charge in [0.25, 0.3) is 0 Å². The first-order valence-electron chi connectivity index (χ1n) is 5.84. The maximum absolute atomic E-state index is 9.03. The monoisotopic (exact) mass is 250 g/mol. The number of benzene rings is 1. The highest BCUT2D eigenvalue weighted by atomic mass is 16.5. The van der Waals surface area contributed by atoms with Crippen LogP contribution in [0.4, 0.5) is 0 Å². The van der Waals surface area contributed by atoms with Gasteiger partial charge in [-0.1, -0.05) is 11.6 Å². The lowest BCUT2D eigenvalue weighted by molar-refractivity contribution is 0.281. The first kappa shape index (κ1) is 12.8. The van der Waals surface area contributed by atoms with Crippen molar-refractivity contribution in [2.24, 2.45) is 5.92 Å². The van der Waals surface area contributed by atoms with E-state index in [1.54, 1.807) is 21.3 Å². The summed E-state index contributed by atoms with van der Waals surface area (Å²) in [4.78, 5) is 0. The van der Waals surface area contributed by atoms with Crippen LogP contribution in [0.1, 0.15) is 12.0 Å². The lowest BCUT2D eigenvalue weighted by Crippen LogP contribution is -1.95. The largest absolute Gasteiger partial charge is 0.493 e. The lowest BCUT2D eigenvalue weighted by Gasteiger charge is -2.12. The minimum Gasteiger partial charge on any atom is -0.493 e. The van der Waals surface area contributed by atoms with E-state index in [0.29, 0.717) is 23.2 Å². The highest BCUT2D eigenvalue weighted by Crippen LogP contribution is 2.42. The van der Waals surface area contributed by atoms with Crippen LogP contribution in [0.5, 0.6) is 17.2 Å². The maximum Gasteiger partial charge on any atom is 0.203 e. The second-order valence-electron chi connectivity index (χ2n) is 4.26. The summed E-state index contributed by atoms with van der Waals surface area (Å²) in [7, 11) is 4.78. The maximum atomic E-state index is 9.03. The standard InChI is InChI=1S/C14H18O4/c1-16-12-5-9(4-10-7-11(10)8-15)6-13(17-2)14(12)18-3/h4-6,11,15H,7-8H2,1-3H3/b10-4+. The van der Waals surface area contributed by atoms with E-state index >= 15 is 0 Å². The molecule has 0 radical (unpaired) electrons. The van der Waals surface area contributed by atoms with Crippen molar-refractivity contribution in [2.75, 3.05) is 27.9 Å². The number of hydrogen-bond acceptors (Lipinski definition) is 4. The smallest absolute Gasteiger partial charge is 0.203 e. The molecule has 18 heavy (non-hydrogen) atoms. The molecule has 1 atom stereocenters. The highest BCUT2D eigenvalue weighted by Gasteiger charge is 2.28. The Morgan fingerprint density at radius 1 is 1.17 bits per heavy atom. The second kappa shape index (κ2) is 5.31. The number of aliphatic hydroxyl groups excluding tert-OH is 1. The molecule has 1 aliphatic rings. The molecular weight excluding hydrogens is 232 g/mol. The summed E-state index contributed by atoms with van der Waals surface area (Å²) in [6.45, 7) is 0.219. The molecule has 0 bridgehead atoms. The van der Waals surface area contributed by atoms with Gasteiger partial charge in [-0.3, -0.25) is 0 Å². The fourth-order valence-corrected chi connectivity index (χ4v) is 1.98. The van der Waals surface area contributed by atoms with Gasteiger partial charge in [0.15, 0.2) is 11.5 Å². The summed E-state index contributed by atoms with van der Waals surface area (Å²) in [5.41, 5.74) is 2.25. The Labute approximate surface area is 107 Å². The Morgan fingerprint density at radius 3 is 2.17 bits per heavy atom. The number of hydrogen-bond donors (Lipinski definition) is 1. The van der Waals surface area contributed by atoms with Crippen LogP contribution in [0.15, 0.2) is 17.7 Å². The molecule has 4 nitrogen and oxygen atoms in total. The van der Waals surface area contributed by atoms with Gasteiger partial charge in [-0.2, -0.15) is 0 Å². The average Bonchev–Trinajstić information content (AvgIpc) is 3.15. The molecule has 4 heteroatoms. The van der Waals surface area contributed by atoms with E-state index in [1.165, 1.54) is 5.57 Å². The molecule has 1 aromatic rings. The summed E-state index contributed by atoms with van der Waals surface area (Å²) >= 11 is 0. The van der Waals surface area contributed by atoms with Crippen molar-refractivity contribution in [3.63, 3.8) is 0 Å². The van der Waals surface area contributed by atoms with Crippen LogP contribution in [-0.2, 0) is 0 Å². The summed E-state index contributed by atoms with van der Waals surface area (Å²) in [5, 5.41) is 9.03. The minimum absolute atomic E-state index is 0.219. The van der Waals surface area contributed by atoms with Gasteiger partial charge < -0.3 is 19.3 Å². The van der Waals surface area contributed by atoms with Gasteiger partial charge in [0, 0.05) is 12.5 Å². The zero-order chi connectivity index (χ0) is 13.1. The first-order valence-corrected chi connectivity index (χ1v) is 5.84. The van der Waals surface area contributed by atoms with Gasteiger partial charge in [-0.25, -0.2) is 0 Å². The summed E-state index contributed by atoms with van der Waals surface area (Å²) in [6.07, 6.45) is 3.03. The number of aliphatic hydroxyl groups is 1. The molecule has 0 heterocycles. The number of ether oxygens (including phenoxy) is 3. The molecule has 1 aliphatic carbocycles. The molecule has 1 N–H and O–H groups in total. The molecule has 0 aromatic heterocycles. The van der Waals surface area contributed by atoms with E-state index in [-0.39, 0.29) is 6.61 Å². The number of rotatable bonds is 5. The Hall–Kier alpha value is -1.68. The van der Waals surface area contributed by atoms with Crippen LogP contribution in [0.2, 0.25) is 0 Å². The van der Waals surface area contributed by atoms with Crippen molar-refractivity contribution in [1.82, 2.24) is 0 Å². The predicted octanol–water partition coefficient (Wildman–Crippen LogP) is 2.11. The predicted molar refractivity (Wildman–Crippen MR) is 69.3 cm³/mol. The van der Waals surface area contributed by atoms with Crippen LogP contribution in [-0.4, -0.2) is 33.0 Å². The molecule has 0 saturated heterocycles. The average molecular weight is 250 g/mol. The van der Waals surface area contributed by atoms with Crippen molar-refractivity contribution in [3.8, 4) is 17.2 Å². The van der Waals surface area contributed by atoms with Crippen molar-refractivity contribution in [3.05, 3.63) is 23.3 Å². The molecule has 1 fully saturated rings.